The van der Waals surface area contributed by atoms with Gasteiger partial charge in [0.05, 0.1) is 6.10 Å². The Kier molecular flexibility index (Phi) is 3.35. The number of rotatable bonds is 2. The van der Waals surface area contributed by atoms with Crippen molar-refractivity contribution in [3.05, 3.63) is 47.5 Å². The monoisotopic (exact) mass is 204 g/mol. The molecule has 0 amide bonds. The largest absolute Gasteiger partial charge is 0.384 e. The third-order valence-electron chi connectivity index (χ3n) is 2.53. The van der Waals surface area contributed by atoms with Gasteiger partial charge in [0.1, 0.15) is 0 Å². The predicted octanol–water partition coefficient (Wildman–Crippen LogP) is 3.59. The van der Waals surface area contributed by atoms with E-state index in [9.17, 15) is 5.11 Å². The number of hydrogen-bond donors (Lipinski definition) is 1. The van der Waals surface area contributed by atoms with Crippen molar-refractivity contribution in [3.8, 4) is 0 Å². The van der Waals surface area contributed by atoms with Crippen LogP contribution in [-0.4, -0.2) is 5.11 Å². The minimum Gasteiger partial charge on any atom is -0.384 e. The summed E-state index contributed by atoms with van der Waals surface area (Å²) in [4.78, 5) is 0. The van der Waals surface area contributed by atoms with Crippen molar-refractivity contribution in [2.24, 2.45) is 0 Å². The Morgan fingerprint density at radius 1 is 1.27 bits per heavy atom. The summed E-state index contributed by atoms with van der Waals surface area (Å²) in [7, 11) is 0. The molecule has 1 N–H and O–H groups in total. The highest BCUT2D eigenvalue weighted by Crippen LogP contribution is 2.31. The number of aliphatic hydroxyl groups excluding tert-OH is 1. The van der Waals surface area contributed by atoms with Gasteiger partial charge in [-0.1, -0.05) is 51.6 Å². The average molecular weight is 204 g/mol. The molecule has 0 aromatic heterocycles. The molecule has 0 fully saturated rings. The smallest absolute Gasteiger partial charge is 0.0998 e. The Hall–Kier alpha value is -1.08. The molecule has 0 bridgehead atoms. The summed E-state index contributed by atoms with van der Waals surface area (Å²) in [5, 5.41) is 10.0. The fourth-order valence-corrected chi connectivity index (χ4v) is 1.68. The molecule has 1 unspecified atom stereocenters. The number of benzene rings is 1. The van der Waals surface area contributed by atoms with Gasteiger partial charge < -0.3 is 5.11 Å². The molecule has 1 rings (SSSR count). The Balaban J connectivity index is 3.24. The quantitative estimate of drug-likeness (QED) is 0.730. The molecule has 0 spiro atoms. The van der Waals surface area contributed by atoms with E-state index in [1.807, 2.05) is 25.1 Å². The van der Waals surface area contributed by atoms with Gasteiger partial charge in [-0.05, 0) is 29.0 Å². The summed E-state index contributed by atoms with van der Waals surface area (Å²) in [5.41, 5.74) is 2.98. The maximum atomic E-state index is 10.0. The molecule has 0 saturated carbocycles. The average Bonchev–Trinajstić information content (AvgIpc) is 2.15. The first-order valence-corrected chi connectivity index (χ1v) is 5.27. The topological polar surface area (TPSA) is 20.2 Å². The maximum absolute atomic E-state index is 10.0. The zero-order valence-electron chi connectivity index (χ0n) is 10.0. The molecular formula is C14H20O. The molecule has 0 aliphatic carbocycles. The Bertz CT molecular complexity index is 358. The third kappa shape index (κ3) is 2.69. The SMILES string of the molecule is C=C(C)C(O)c1ccccc1C(C)(C)C. The van der Waals surface area contributed by atoms with Crippen molar-refractivity contribution >= 4 is 0 Å². The molecule has 15 heavy (non-hydrogen) atoms. The van der Waals surface area contributed by atoms with Crippen LogP contribution < -0.4 is 0 Å². The van der Waals surface area contributed by atoms with Gasteiger partial charge in [-0.15, -0.1) is 0 Å². The fraction of sp³-hybridized carbons (Fsp3) is 0.429. The zero-order valence-corrected chi connectivity index (χ0v) is 10.0. The molecule has 0 aliphatic heterocycles. The van der Waals surface area contributed by atoms with E-state index in [0.29, 0.717) is 0 Å². The van der Waals surface area contributed by atoms with E-state index < -0.39 is 6.10 Å². The van der Waals surface area contributed by atoms with Crippen LogP contribution >= 0.6 is 0 Å². The minimum atomic E-state index is -0.555. The first-order chi connectivity index (χ1) is 6.84. The standard InChI is InChI=1S/C14H20O/c1-10(2)13(15)11-8-6-7-9-12(11)14(3,4)5/h6-9,13,15H,1H2,2-5H3. The molecule has 0 saturated heterocycles. The van der Waals surface area contributed by atoms with Crippen LogP contribution in [0.3, 0.4) is 0 Å². The van der Waals surface area contributed by atoms with E-state index in [4.69, 9.17) is 0 Å². The first kappa shape index (κ1) is 12.0. The van der Waals surface area contributed by atoms with Gasteiger partial charge in [0, 0.05) is 0 Å². The molecule has 0 heterocycles. The predicted molar refractivity (Wildman–Crippen MR) is 64.9 cm³/mol. The van der Waals surface area contributed by atoms with Gasteiger partial charge in [0.15, 0.2) is 0 Å². The van der Waals surface area contributed by atoms with Crippen LogP contribution in [0.2, 0.25) is 0 Å². The normalized spacial score (nSPS) is 13.7. The molecule has 1 atom stereocenters. The summed E-state index contributed by atoms with van der Waals surface area (Å²) in [6.45, 7) is 12.1. The van der Waals surface area contributed by atoms with E-state index in [2.05, 4.69) is 33.4 Å². The lowest BCUT2D eigenvalue weighted by molar-refractivity contribution is 0.213. The van der Waals surface area contributed by atoms with Gasteiger partial charge in [0.2, 0.25) is 0 Å². The van der Waals surface area contributed by atoms with Crippen LogP contribution in [-0.2, 0) is 5.41 Å². The molecule has 1 nitrogen and oxygen atoms in total. The van der Waals surface area contributed by atoms with Gasteiger partial charge in [-0.25, -0.2) is 0 Å². The zero-order chi connectivity index (χ0) is 11.6. The summed E-state index contributed by atoms with van der Waals surface area (Å²) in [6, 6.07) is 8.01. The minimum absolute atomic E-state index is 0.0486. The number of hydrogen-bond acceptors (Lipinski definition) is 1. The highest BCUT2D eigenvalue weighted by Gasteiger charge is 2.21. The van der Waals surface area contributed by atoms with Gasteiger partial charge >= 0.3 is 0 Å². The van der Waals surface area contributed by atoms with E-state index in [-0.39, 0.29) is 5.41 Å². The highest BCUT2D eigenvalue weighted by atomic mass is 16.3. The Labute approximate surface area is 92.5 Å². The molecule has 82 valence electrons. The van der Waals surface area contributed by atoms with Crippen molar-refractivity contribution < 1.29 is 5.11 Å². The molecule has 1 heteroatoms. The van der Waals surface area contributed by atoms with Crippen LogP contribution in [0.5, 0.6) is 0 Å². The van der Waals surface area contributed by atoms with Crippen LogP contribution in [0.1, 0.15) is 44.9 Å². The summed E-state index contributed by atoms with van der Waals surface area (Å²) >= 11 is 0. The van der Waals surface area contributed by atoms with Gasteiger partial charge in [0.25, 0.3) is 0 Å². The molecule has 1 aromatic carbocycles. The van der Waals surface area contributed by atoms with E-state index >= 15 is 0 Å². The molecular weight excluding hydrogens is 184 g/mol. The lowest BCUT2D eigenvalue weighted by Crippen LogP contribution is -2.16. The van der Waals surface area contributed by atoms with Crippen LogP contribution in [0.4, 0.5) is 0 Å². The molecule has 1 aromatic rings. The van der Waals surface area contributed by atoms with E-state index in [0.717, 1.165) is 11.1 Å². The Morgan fingerprint density at radius 3 is 2.27 bits per heavy atom. The van der Waals surface area contributed by atoms with E-state index in [1.54, 1.807) is 0 Å². The third-order valence-corrected chi connectivity index (χ3v) is 2.53. The second kappa shape index (κ2) is 4.19. The van der Waals surface area contributed by atoms with Crippen LogP contribution in [0.15, 0.2) is 36.4 Å². The maximum Gasteiger partial charge on any atom is 0.0998 e. The second-order valence-corrected chi connectivity index (χ2v) is 5.09. The van der Waals surface area contributed by atoms with Crippen molar-refractivity contribution in [2.75, 3.05) is 0 Å². The van der Waals surface area contributed by atoms with Crippen LogP contribution in [0.25, 0.3) is 0 Å². The van der Waals surface area contributed by atoms with Gasteiger partial charge in [-0.3, -0.25) is 0 Å². The number of aliphatic hydroxyl groups is 1. The van der Waals surface area contributed by atoms with Crippen molar-refractivity contribution in [3.63, 3.8) is 0 Å². The van der Waals surface area contributed by atoms with Gasteiger partial charge in [-0.2, -0.15) is 0 Å². The lowest BCUT2D eigenvalue weighted by atomic mass is 9.81. The lowest BCUT2D eigenvalue weighted by Gasteiger charge is -2.25. The summed E-state index contributed by atoms with van der Waals surface area (Å²) in [6.07, 6.45) is -0.555. The van der Waals surface area contributed by atoms with E-state index in [1.165, 1.54) is 5.56 Å². The van der Waals surface area contributed by atoms with Crippen molar-refractivity contribution in [1.82, 2.24) is 0 Å². The summed E-state index contributed by atoms with van der Waals surface area (Å²) < 4.78 is 0. The molecule has 0 aliphatic rings. The van der Waals surface area contributed by atoms with Crippen molar-refractivity contribution in [2.45, 2.75) is 39.2 Å². The van der Waals surface area contributed by atoms with Crippen molar-refractivity contribution in [1.29, 1.82) is 0 Å². The fourth-order valence-electron chi connectivity index (χ4n) is 1.68. The Morgan fingerprint density at radius 2 is 1.80 bits per heavy atom. The van der Waals surface area contributed by atoms with Crippen LogP contribution in [0, 0.1) is 0 Å². The summed E-state index contributed by atoms with van der Waals surface area (Å²) in [5.74, 6) is 0. The second-order valence-electron chi connectivity index (χ2n) is 5.09. The highest BCUT2D eigenvalue weighted by molar-refractivity contribution is 5.37. The first-order valence-electron chi connectivity index (χ1n) is 5.27. The molecule has 0 radical (unpaired) electrons.